The molecule has 0 saturated heterocycles. The van der Waals surface area contributed by atoms with Gasteiger partial charge >= 0.3 is 14.6 Å². The number of aliphatic hydroxyl groups excluding tert-OH is 1. The van der Waals surface area contributed by atoms with E-state index < -0.39 is 8.60 Å². The van der Waals surface area contributed by atoms with Gasteiger partial charge in [-0.15, -0.1) is 0 Å². The molecule has 1 atom stereocenters. The highest BCUT2D eigenvalue weighted by Crippen LogP contribution is 2.28. The van der Waals surface area contributed by atoms with Crippen LogP contribution in [0.3, 0.4) is 0 Å². The number of benzene rings is 1. The molecule has 0 spiro atoms. The maximum absolute atomic E-state index is 8.97. The maximum Gasteiger partial charge on any atom is 0.327 e. The van der Waals surface area contributed by atoms with Gasteiger partial charge in [-0.1, -0.05) is 31.2 Å². The van der Waals surface area contributed by atoms with E-state index >= 15 is 0 Å². The van der Waals surface area contributed by atoms with Crippen molar-refractivity contribution in [3.63, 3.8) is 0 Å². The number of methoxy groups -OCH3 is 1. The Morgan fingerprint density at radius 2 is 1.97 bits per heavy atom. The second kappa shape index (κ2) is 10.7. The Morgan fingerprint density at radius 1 is 1.19 bits per heavy atom. The molecule has 1 unspecified atom stereocenters. The third kappa shape index (κ3) is 5.99. The Kier molecular flexibility index (Phi) is 7.94. The highest BCUT2D eigenvalue weighted by Gasteiger charge is 2.18. The molecule has 31 heavy (non-hydrogen) atoms. The molecule has 168 valence electrons. The van der Waals surface area contributed by atoms with Crippen LogP contribution in [0.5, 0.6) is 12.0 Å². The first-order chi connectivity index (χ1) is 14.9. The van der Waals surface area contributed by atoms with Gasteiger partial charge in [-0.25, -0.2) is 0 Å². The van der Waals surface area contributed by atoms with Gasteiger partial charge in [0.05, 0.1) is 26.9 Å². The number of nitrogens with zero attached hydrogens (tertiary/aromatic N) is 4. The van der Waals surface area contributed by atoms with E-state index in [1.807, 2.05) is 25.1 Å². The largest absolute Gasteiger partial charge is 0.468 e. The van der Waals surface area contributed by atoms with Crippen LogP contribution in [0.15, 0.2) is 24.3 Å². The van der Waals surface area contributed by atoms with Crippen LogP contribution in [0.25, 0.3) is 11.2 Å². The predicted molar refractivity (Wildman–Crippen MR) is 115 cm³/mol. The molecule has 0 aliphatic heterocycles. The molecule has 0 radical (unpaired) electrons. The van der Waals surface area contributed by atoms with Crippen molar-refractivity contribution in [2.45, 2.75) is 19.9 Å². The van der Waals surface area contributed by atoms with Crippen molar-refractivity contribution >= 4 is 25.6 Å². The van der Waals surface area contributed by atoms with Crippen LogP contribution in [-0.4, -0.2) is 61.3 Å². The summed E-state index contributed by atoms with van der Waals surface area (Å²) >= 11 is 0. The molecular weight excluding hydrogens is 425 g/mol. The van der Waals surface area contributed by atoms with Crippen molar-refractivity contribution in [1.29, 1.82) is 0 Å². The Balaban J connectivity index is 1.86. The summed E-state index contributed by atoms with van der Waals surface area (Å²) in [6, 6.07) is 8.37. The summed E-state index contributed by atoms with van der Waals surface area (Å²) in [4.78, 5) is 30.7. The van der Waals surface area contributed by atoms with E-state index in [1.165, 1.54) is 7.11 Å². The lowest BCUT2D eigenvalue weighted by Gasteiger charge is -2.13. The van der Waals surface area contributed by atoms with Crippen molar-refractivity contribution in [2.24, 2.45) is 5.92 Å². The predicted octanol–water partition coefficient (Wildman–Crippen LogP) is 1.24. The Morgan fingerprint density at radius 3 is 2.68 bits per heavy atom. The summed E-state index contributed by atoms with van der Waals surface area (Å²) in [5.41, 5.74) is 8.95. The highest BCUT2D eigenvalue weighted by atomic mass is 31.2. The number of fused-ring (bicyclic) bond motifs is 1. The molecule has 1 aromatic carbocycles. The highest BCUT2D eigenvalue weighted by molar-refractivity contribution is 7.39. The van der Waals surface area contributed by atoms with Crippen molar-refractivity contribution < 1.29 is 28.9 Å². The molecule has 0 aliphatic rings. The first-order valence-corrected chi connectivity index (χ1v) is 10.8. The third-order valence-corrected chi connectivity index (χ3v) is 4.84. The van der Waals surface area contributed by atoms with Crippen molar-refractivity contribution in [3.05, 3.63) is 35.4 Å². The number of anilines is 1. The van der Waals surface area contributed by atoms with Gasteiger partial charge < -0.3 is 34.6 Å². The van der Waals surface area contributed by atoms with Crippen LogP contribution in [0.2, 0.25) is 0 Å². The SMILES string of the molecule is COc1nc2c(N)nc(OCCO)nc2n1Cc1cccc(CC(C)COP(O)O)c1. The molecule has 0 saturated carbocycles. The zero-order valence-electron chi connectivity index (χ0n) is 17.3. The molecule has 0 aliphatic carbocycles. The number of rotatable bonds is 11. The van der Waals surface area contributed by atoms with Crippen molar-refractivity contribution in [3.8, 4) is 12.0 Å². The maximum atomic E-state index is 8.97. The van der Waals surface area contributed by atoms with Gasteiger partial charge in [0.1, 0.15) is 6.61 Å². The van der Waals surface area contributed by atoms with Crippen LogP contribution in [-0.2, 0) is 17.5 Å². The number of imidazole rings is 1. The van der Waals surface area contributed by atoms with E-state index in [-0.39, 0.29) is 37.6 Å². The number of hydrogen-bond acceptors (Lipinski definition) is 10. The topological polar surface area (TPSA) is 158 Å². The van der Waals surface area contributed by atoms with Gasteiger partial charge in [0, 0.05) is 0 Å². The lowest BCUT2D eigenvalue weighted by Crippen LogP contribution is -2.09. The lowest BCUT2D eigenvalue weighted by atomic mass is 10.0. The second-order valence-electron chi connectivity index (χ2n) is 7.00. The van der Waals surface area contributed by atoms with Gasteiger partial charge in [0.15, 0.2) is 17.0 Å². The van der Waals surface area contributed by atoms with E-state index in [0.29, 0.717) is 30.1 Å². The summed E-state index contributed by atoms with van der Waals surface area (Å²) in [6.45, 7) is 2.54. The van der Waals surface area contributed by atoms with Crippen molar-refractivity contribution in [1.82, 2.24) is 19.5 Å². The Bertz CT molecular complexity index is 1010. The van der Waals surface area contributed by atoms with Gasteiger partial charge in [0.2, 0.25) is 0 Å². The summed E-state index contributed by atoms with van der Waals surface area (Å²) in [6.07, 6.45) is 0.715. The van der Waals surface area contributed by atoms with Crippen LogP contribution >= 0.6 is 8.60 Å². The standard InChI is InChI=1S/C19H26N5O6P/c1-12(11-30-31(26)27)8-13-4-3-5-14(9-13)10-24-17-15(21-19(24)28-2)16(20)22-18(23-17)29-7-6-25/h3-5,9,12,25-27H,6-8,10-11H2,1-2H3,(H2,20,22,23). The quantitative estimate of drug-likeness (QED) is 0.313. The third-order valence-electron chi connectivity index (χ3n) is 4.46. The van der Waals surface area contributed by atoms with Gasteiger partial charge in [-0.3, -0.25) is 4.57 Å². The van der Waals surface area contributed by atoms with Crippen LogP contribution in [0.1, 0.15) is 18.1 Å². The second-order valence-corrected chi connectivity index (χ2v) is 7.76. The van der Waals surface area contributed by atoms with E-state index in [1.54, 1.807) is 4.57 Å². The number of nitrogens with two attached hydrogens (primary N) is 1. The molecule has 2 heterocycles. The van der Waals surface area contributed by atoms with Crippen LogP contribution < -0.4 is 15.2 Å². The van der Waals surface area contributed by atoms with E-state index in [0.717, 1.165) is 11.1 Å². The zero-order chi connectivity index (χ0) is 22.4. The molecule has 2 aromatic heterocycles. The lowest BCUT2D eigenvalue weighted by molar-refractivity contribution is 0.192. The smallest absolute Gasteiger partial charge is 0.327 e. The number of aromatic nitrogens is 4. The fraction of sp³-hybridized carbons (Fsp3) is 0.421. The van der Waals surface area contributed by atoms with Gasteiger partial charge in [-0.05, 0) is 23.5 Å². The summed E-state index contributed by atoms with van der Waals surface area (Å²) in [5.74, 6) is 0.271. The summed E-state index contributed by atoms with van der Waals surface area (Å²) < 4.78 is 17.4. The first-order valence-electron chi connectivity index (χ1n) is 9.61. The van der Waals surface area contributed by atoms with Gasteiger partial charge in [0.25, 0.3) is 6.01 Å². The fourth-order valence-corrected chi connectivity index (χ4v) is 3.56. The molecule has 12 heteroatoms. The van der Waals surface area contributed by atoms with E-state index in [4.69, 9.17) is 34.6 Å². The molecule has 0 amide bonds. The fourth-order valence-electron chi connectivity index (χ4n) is 3.17. The minimum atomic E-state index is -2.34. The van der Waals surface area contributed by atoms with E-state index in [2.05, 4.69) is 21.0 Å². The molecule has 0 bridgehead atoms. The van der Waals surface area contributed by atoms with Crippen LogP contribution in [0, 0.1) is 5.92 Å². The van der Waals surface area contributed by atoms with Gasteiger partial charge in [-0.2, -0.15) is 15.0 Å². The minimum Gasteiger partial charge on any atom is -0.468 e. The molecule has 5 N–H and O–H groups in total. The normalized spacial score (nSPS) is 12.5. The average molecular weight is 451 g/mol. The van der Waals surface area contributed by atoms with Crippen molar-refractivity contribution in [2.75, 3.05) is 32.7 Å². The summed E-state index contributed by atoms with van der Waals surface area (Å²) in [7, 11) is -0.831. The molecule has 3 aromatic rings. The van der Waals surface area contributed by atoms with Crippen LogP contribution in [0.4, 0.5) is 5.82 Å². The summed E-state index contributed by atoms with van der Waals surface area (Å²) in [5, 5.41) is 8.97. The number of hydrogen-bond donors (Lipinski definition) is 4. The number of nitrogen functional groups attached to an aromatic ring is 1. The number of ether oxygens (including phenoxy) is 2. The molecule has 11 nitrogen and oxygen atoms in total. The molecule has 0 fully saturated rings. The van der Waals surface area contributed by atoms with E-state index in [9.17, 15) is 0 Å². The zero-order valence-corrected chi connectivity index (χ0v) is 18.2. The molecule has 3 rings (SSSR count). The first kappa shape index (κ1) is 23.1. The Labute approximate surface area is 180 Å². The Hall–Kier alpha value is -2.56. The minimum absolute atomic E-state index is 0.0502. The number of aliphatic hydroxyl groups is 1. The average Bonchev–Trinajstić information content (AvgIpc) is 3.09. The molecular formula is C19H26N5O6P. The monoisotopic (exact) mass is 451 g/mol.